The van der Waals surface area contributed by atoms with Crippen molar-refractivity contribution in [1.82, 2.24) is 14.9 Å². The molecular weight excluding hydrogens is 296 g/mol. The molecule has 1 aliphatic rings. The van der Waals surface area contributed by atoms with Gasteiger partial charge in [0.2, 0.25) is 10.0 Å². The second-order valence-electron chi connectivity index (χ2n) is 4.74. The van der Waals surface area contributed by atoms with Gasteiger partial charge in [0.1, 0.15) is 0 Å². The lowest BCUT2D eigenvalue weighted by atomic mass is 10.3. The minimum atomic E-state index is -3.62. The molecule has 0 atom stereocenters. The molecule has 0 aromatic heterocycles. The molecule has 0 unspecified atom stereocenters. The van der Waals surface area contributed by atoms with Gasteiger partial charge in [0.05, 0.1) is 9.82 Å². The fourth-order valence-electron chi connectivity index (χ4n) is 2.10. The van der Waals surface area contributed by atoms with E-state index < -0.39 is 14.9 Å². The highest BCUT2D eigenvalue weighted by Crippen LogP contribution is 2.15. The van der Waals surface area contributed by atoms with E-state index in [0.717, 1.165) is 26.2 Å². The Hall–Kier alpha value is -1.55. The van der Waals surface area contributed by atoms with Crippen LogP contribution in [0.4, 0.5) is 5.69 Å². The summed E-state index contributed by atoms with van der Waals surface area (Å²) in [6, 6.07) is 4.85. The highest BCUT2D eigenvalue weighted by molar-refractivity contribution is 7.89. The molecule has 1 aromatic rings. The number of sulfonamides is 1. The van der Waals surface area contributed by atoms with Crippen molar-refractivity contribution in [3.8, 4) is 0 Å². The number of benzene rings is 1. The number of hydrogen-bond acceptors (Lipinski definition) is 6. The smallest absolute Gasteiger partial charge is 0.269 e. The summed E-state index contributed by atoms with van der Waals surface area (Å²) in [5.74, 6) is 0. The van der Waals surface area contributed by atoms with Gasteiger partial charge in [-0.25, -0.2) is 13.1 Å². The zero-order valence-electron chi connectivity index (χ0n) is 11.5. The van der Waals surface area contributed by atoms with Crippen molar-refractivity contribution >= 4 is 15.7 Å². The number of nitro benzene ring substituents is 1. The van der Waals surface area contributed by atoms with E-state index in [0.29, 0.717) is 13.1 Å². The quantitative estimate of drug-likeness (QED) is 0.555. The third kappa shape index (κ3) is 4.46. The van der Waals surface area contributed by atoms with E-state index in [1.807, 2.05) is 0 Å². The Morgan fingerprint density at radius 1 is 1.24 bits per heavy atom. The summed E-state index contributed by atoms with van der Waals surface area (Å²) < 4.78 is 26.6. The van der Waals surface area contributed by atoms with E-state index in [-0.39, 0.29) is 10.6 Å². The Morgan fingerprint density at radius 3 is 2.43 bits per heavy atom. The van der Waals surface area contributed by atoms with Crippen LogP contribution in [0.3, 0.4) is 0 Å². The molecule has 9 heteroatoms. The molecule has 1 aliphatic heterocycles. The first-order valence-corrected chi connectivity index (χ1v) is 8.14. The molecule has 0 amide bonds. The molecule has 2 N–H and O–H groups in total. The van der Waals surface area contributed by atoms with E-state index in [9.17, 15) is 18.5 Å². The monoisotopic (exact) mass is 314 g/mol. The van der Waals surface area contributed by atoms with Crippen LogP contribution in [-0.2, 0) is 10.0 Å². The van der Waals surface area contributed by atoms with Crippen molar-refractivity contribution < 1.29 is 13.3 Å². The number of nitrogens with one attached hydrogen (secondary N) is 2. The van der Waals surface area contributed by atoms with Gasteiger partial charge in [-0.1, -0.05) is 0 Å². The van der Waals surface area contributed by atoms with Crippen LogP contribution in [0.5, 0.6) is 0 Å². The predicted molar refractivity (Wildman–Crippen MR) is 77.6 cm³/mol. The van der Waals surface area contributed by atoms with E-state index in [1.165, 1.54) is 24.3 Å². The first-order valence-electron chi connectivity index (χ1n) is 6.66. The maximum atomic E-state index is 12.0. The Bertz CT molecular complexity index is 582. The first-order chi connectivity index (χ1) is 9.99. The molecule has 116 valence electrons. The standard InChI is InChI=1S/C12H18N4O4S/c17-16(18)11-1-3-12(4-2-11)21(19,20)14-7-10-15-8-5-13-6-9-15/h1-4,13-14H,5-10H2. The molecule has 8 nitrogen and oxygen atoms in total. The molecule has 0 spiro atoms. The van der Waals surface area contributed by atoms with Crippen molar-refractivity contribution in [2.45, 2.75) is 4.90 Å². The highest BCUT2D eigenvalue weighted by Gasteiger charge is 2.16. The normalized spacial score (nSPS) is 16.8. The summed E-state index contributed by atoms with van der Waals surface area (Å²) in [4.78, 5) is 12.2. The Labute approximate surface area is 123 Å². The molecule has 0 radical (unpaired) electrons. The summed E-state index contributed by atoms with van der Waals surface area (Å²) >= 11 is 0. The second-order valence-corrected chi connectivity index (χ2v) is 6.51. The van der Waals surface area contributed by atoms with Gasteiger partial charge in [0, 0.05) is 51.4 Å². The van der Waals surface area contributed by atoms with Crippen molar-refractivity contribution in [2.24, 2.45) is 0 Å². The van der Waals surface area contributed by atoms with Gasteiger partial charge < -0.3 is 5.32 Å². The SMILES string of the molecule is O=[N+]([O-])c1ccc(S(=O)(=O)NCCN2CCNCC2)cc1. The Morgan fingerprint density at radius 2 is 1.86 bits per heavy atom. The number of nitrogens with zero attached hydrogens (tertiary/aromatic N) is 2. The van der Waals surface area contributed by atoms with E-state index in [2.05, 4.69) is 14.9 Å². The molecular formula is C12H18N4O4S. The summed E-state index contributed by atoms with van der Waals surface area (Å²) in [6.07, 6.45) is 0. The van der Waals surface area contributed by atoms with Gasteiger partial charge in [0.25, 0.3) is 5.69 Å². The van der Waals surface area contributed by atoms with Crippen LogP contribution in [0.2, 0.25) is 0 Å². The highest BCUT2D eigenvalue weighted by atomic mass is 32.2. The molecule has 0 aliphatic carbocycles. The van der Waals surface area contributed by atoms with E-state index in [4.69, 9.17) is 0 Å². The zero-order chi connectivity index (χ0) is 15.3. The third-order valence-electron chi connectivity index (χ3n) is 3.29. The lowest BCUT2D eigenvalue weighted by Gasteiger charge is -2.27. The van der Waals surface area contributed by atoms with Crippen molar-refractivity contribution in [3.05, 3.63) is 34.4 Å². The molecule has 1 saturated heterocycles. The molecule has 2 rings (SSSR count). The summed E-state index contributed by atoms with van der Waals surface area (Å²) in [5, 5.41) is 13.8. The molecule has 0 bridgehead atoms. The maximum absolute atomic E-state index is 12.0. The third-order valence-corrected chi connectivity index (χ3v) is 4.76. The topological polar surface area (TPSA) is 105 Å². The van der Waals surface area contributed by atoms with Gasteiger partial charge in [-0.05, 0) is 12.1 Å². The van der Waals surface area contributed by atoms with Crippen molar-refractivity contribution in [3.63, 3.8) is 0 Å². The average molecular weight is 314 g/mol. The summed E-state index contributed by atoms with van der Waals surface area (Å²) in [5.41, 5.74) is -0.130. The summed E-state index contributed by atoms with van der Waals surface area (Å²) in [7, 11) is -3.62. The van der Waals surface area contributed by atoms with Crippen LogP contribution in [0.1, 0.15) is 0 Å². The van der Waals surface area contributed by atoms with Gasteiger partial charge in [-0.3, -0.25) is 15.0 Å². The minimum Gasteiger partial charge on any atom is -0.314 e. The number of hydrogen-bond donors (Lipinski definition) is 2. The van der Waals surface area contributed by atoms with Gasteiger partial charge in [-0.2, -0.15) is 0 Å². The predicted octanol–water partition coefficient (Wildman–Crippen LogP) is -0.222. The van der Waals surface area contributed by atoms with Crippen LogP contribution >= 0.6 is 0 Å². The van der Waals surface area contributed by atoms with Crippen LogP contribution in [0.25, 0.3) is 0 Å². The molecule has 0 saturated carbocycles. The average Bonchev–Trinajstić information content (AvgIpc) is 2.48. The van der Waals surface area contributed by atoms with Crippen molar-refractivity contribution in [2.75, 3.05) is 39.3 Å². The fourth-order valence-corrected chi connectivity index (χ4v) is 3.12. The largest absolute Gasteiger partial charge is 0.314 e. The van der Waals surface area contributed by atoms with Crippen LogP contribution in [-0.4, -0.2) is 57.5 Å². The molecule has 21 heavy (non-hydrogen) atoms. The minimum absolute atomic E-state index is 0.0356. The number of non-ortho nitro benzene ring substituents is 1. The van der Waals surface area contributed by atoms with E-state index >= 15 is 0 Å². The van der Waals surface area contributed by atoms with Crippen LogP contribution < -0.4 is 10.0 Å². The lowest BCUT2D eigenvalue weighted by molar-refractivity contribution is -0.384. The zero-order valence-corrected chi connectivity index (χ0v) is 12.3. The Balaban J connectivity index is 1.90. The maximum Gasteiger partial charge on any atom is 0.269 e. The van der Waals surface area contributed by atoms with Gasteiger partial charge in [-0.15, -0.1) is 0 Å². The van der Waals surface area contributed by atoms with E-state index in [1.54, 1.807) is 0 Å². The number of rotatable bonds is 6. The van der Waals surface area contributed by atoms with Crippen molar-refractivity contribution in [1.29, 1.82) is 0 Å². The molecule has 1 aromatic carbocycles. The molecule has 1 fully saturated rings. The number of piperazine rings is 1. The second kappa shape index (κ2) is 6.94. The van der Waals surface area contributed by atoms with Crippen LogP contribution in [0, 0.1) is 10.1 Å². The first kappa shape index (κ1) is 15.8. The summed E-state index contributed by atoms with van der Waals surface area (Å²) in [6.45, 7) is 4.59. The Kier molecular flexibility index (Phi) is 5.23. The van der Waals surface area contributed by atoms with Crippen LogP contribution in [0.15, 0.2) is 29.2 Å². The fraction of sp³-hybridized carbons (Fsp3) is 0.500. The van der Waals surface area contributed by atoms with Gasteiger partial charge in [0.15, 0.2) is 0 Å². The number of nitro groups is 1. The molecule has 1 heterocycles. The lowest BCUT2D eigenvalue weighted by Crippen LogP contribution is -2.46. The van der Waals surface area contributed by atoms with Gasteiger partial charge >= 0.3 is 0 Å².